The number of rotatable bonds is 6. The van der Waals surface area contributed by atoms with Gasteiger partial charge in [-0.05, 0) is 43.2 Å². The largest absolute Gasteiger partial charge is 0.493 e. The molecular formula is C17H22N2O2. The summed E-state index contributed by atoms with van der Waals surface area (Å²) >= 11 is 0. The molecule has 2 aromatic rings. The first-order valence-electron chi connectivity index (χ1n) is 7.03. The Morgan fingerprint density at radius 1 is 0.952 bits per heavy atom. The third-order valence-corrected chi connectivity index (χ3v) is 3.59. The summed E-state index contributed by atoms with van der Waals surface area (Å²) in [5.41, 5.74) is 2.33. The fourth-order valence-corrected chi connectivity index (χ4v) is 2.32. The maximum atomic E-state index is 5.35. The van der Waals surface area contributed by atoms with Gasteiger partial charge in [0.1, 0.15) is 0 Å². The number of aromatic nitrogens is 1. The SMILES string of the molecule is COc1ccc(C(C)NC(C)c2cccnc2)cc1OC. The molecule has 2 unspecified atom stereocenters. The summed E-state index contributed by atoms with van der Waals surface area (Å²) in [5.74, 6) is 1.49. The highest BCUT2D eigenvalue weighted by Gasteiger charge is 2.13. The predicted molar refractivity (Wildman–Crippen MR) is 83.7 cm³/mol. The van der Waals surface area contributed by atoms with E-state index in [1.807, 2.05) is 24.4 Å². The average molecular weight is 286 g/mol. The van der Waals surface area contributed by atoms with Crippen molar-refractivity contribution in [2.75, 3.05) is 14.2 Å². The number of pyridine rings is 1. The minimum Gasteiger partial charge on any atom is -0.493 e. The molecule has 112 valence electrons. The van der Waals surface area contributed by atoms with Crippen LogP contribution in [0.15, 0.2) is 42.7 Å². The van der Waals surface area contributed by atoms with Gasteiger partial charge >= 0.3 is 0 Å². The standard InChI is InChI=1S/C17H22N2O2/c1-12(19-13(2)15-6-5-9-18-11-15)14-7-8-16(20-3)17(10-14)21-4/h5-13,19H,1-4H3. The Labute approximate surface area is 126 Å². The highest BCUT2D eigenvalue weighted by Crippen LogP contribution is 2.30. The molecular weight excluding hydrogens is 264 g/mol. The number of ether oxygens (including phenoxy) is 2. The molecule has 1 aromatic carbocycles. The predicted octanol–water partition coefficient (Wildman–Crippen LogP) is 3.51. The molecule has 2 atom stereocenters. The summed E-state index contributed by atoms with van der Waals surface area (Å²) < 4.78 is 10.6. The van der Waals surface area contributed by atoms with Crippen LogP contribution in [-0.2, 0) is 0 Å². The molecule has 0 aliphatic rings. The smallest absolute Gasteiger partial charge is 0.161 e. The van der Waals surface area contributed by atoms with Gasteiger partial charge in [0.25, 0.3) is 0 Å². The fourth-order valence-electron chi connectivity index (χ4n) is 2.32. The van der Waals surface area contributed by atoms with Crippen LogP contribution in [0.1, 0.15) is 37.1 Å². The van der Waals surface area contributed by atoms with E-state index in [1.54, 1.807) is 20.4 Å². The van der Waals surface area contributed by atoms with Crippen LogP contribution >= 0.6 is 0 Å². The Hall–Kier alpha value is -2.07. The van der Waals surface area contributed by atoms with Crippen molar-refractivity contribution in [3.8, 4) is 11.5 Å². The van der Waals surface area contributed by atoms with Gasteiger partial charge in [-0.3, -0.25) is 4.98 Å². The Balaban J connectivity index is 2.11. The molecule has 0 saturated carbocycles. The van der Waals surface area contributed by atoms with Crippen LogP contribution in [0.5, 0.6) is 11.5 Å². The quantitative estimate of drug-likeness (QED) is 0.882. The van der Waals surface area contributed by atoms with Crippen LogP contribution in [0, 0.1) is 0 Å². The fraction of sp³-hybridized carbons (Fsp3) is 0.353. The van der Waals surface area contributed by atoms with Crippen molar-refractivity contribution in [1.29, 1.82) is 0 Å². The zero-order chi connectivity index (χ0) is 15.2. The first-order valence-corrected chi connectivity index (χ1v) is 7.03. The van der Waals surface area contributed by atoms with Crippen molar-refractivity contribution in [1.82, 2.24) is 10.3 Å². The van der Waals surface area contributed by atoms with Crippen molar-refractivity contribution in [2.45, 2.75) is 25.9 Å². The van der Waals surface area contributed by atoms with Crippen LogP contribution in [0.3, 0.4) is 0 Å². The molecule has 0 aliphatic heterocycles. The monoisotopic (exact) mass is 286 g/mol. The Morgan fingerprint density at radius 2 is 1.67 bits per heavy atom. The summed E-state index contributed by atoms with van der Waals surface area (Å²) in [5, 5.41) is 3.56. The lowest BCUT2D eigenvalue weighted by Crippen LogP contribution is -2.22. The molecule has 1 heterocycles. The zero-order valence-electron chi connectivity index (χ0n) is 13.0. The van der Waals surface area contributed by atoms with Gasteiger partial charge in [0.2, 0.25) is 0 Å². The normalized spacial score (nSPS) is 13.5. The molecule has 0 radical (unpaired) electrons. The molecule has 21 heavy (non-hydrogen) atoms. The van der Waals surface area contributed by atoms with Gasteiger partial charge in [-0.25, -0.2) is 0 Å². The number of methoxy groups -OCH3 is 2. The second kappa shape index (κ2) is 7.09. The van der Waals surface area contributed by atoms with Gasteiger partial charge in [0, 0.05) is 24.5 Å². The van der Waals surface area contributed by atoms with Gasteiger partial charge in [0.15, 0.2) is 11.5 Å². The number of nitrogens with zero attached hydrogens (tertiary/aromatic N) is 1. The van der Waals surface area contributed by atoms with Gasteiger partial charge in [0.05, 0.1) is 14.2 Å². The maximum Gasteiger partial charge on any atom is 0.161 e. The molecule has 0 aliphatic carbocycles. The number of benzene rings is 1. The summed E-state index contributed by atoms with van der Waals surface area (Å²) in [6.07, 6.45) is 3.67. The van der Waals surface area contributed by atoms with Crippen molar-refractivity contribution >= 4 is 0 Å². The van der Waals surface area contributed by atoms with Gasteiger partial charge < -0.3 is 14.8 Å². The van der Waals surface area contributed by atoms with Gasteiger partial charge in [-0.15, -0.1) is 0 Å². The third kappa shape index (κ3) is 3.73. The number of hydrogen-bond acceptors (Lipinski definition) is 4. The molecule has 4 heteroatoms. The zero-order valence-corrected chi connectivity index (χ0v) is 13.0. The summed E-state index contributed by atoms with van der Waals surface area (Å²) in [4.78, 5) is 4.16. The van der Waals surface area contributed by atoms with E-state index in [-0.39, 0.29) is 12.1 Å². The molecule has 0 saturated heterocycles. The van der Waals surface area contributed by atoms with E-state index in [1.165, 1.54) is 5.56 Å². The van der Waals surface area contributed by atoms with E-state index in [9.17, 15) is 0 Å². The second-order valence-electron chi connectivity index (χ2n) is 5.01. The number of hydrogen-bond donors (Lipinski definition) is 1. The molecule has 0 bridgehead atoms. The highest BCUT2D eigenvalue weighted by molar-refractivity contribution is 5.43. The Kier molecular flexibility index (Phi) is 5.17. The summed E-state index contributed by atoms with van der Waals surface area (Å²) in [7, 11) is 3.29. The van der Waals surface area contributed by atoms with Crippen LogP contribution in [0.4, 0.5) is 0 Å². The van der Waals surface area contributed by atoms with Gasteiger partial charge in [-0.2, -0.15) is 0 Å². The molecule has 2 rings (SSSR count). The Bertz CT molecular complexity index is 572. The molecule has 0 fully saturated rings. The lowest BCUT2D eigenvalue weighted by Gasteiger charge is -2.21. The average Bonchev–Trinajstić information content (AvgIpc) is 2.54. The van der Waals surface area contributed by atoms with E-state index in [0.29, 0.717) is 0 Å². The number of nitrogens with one attached hydrogen (secondary N) is 1. The van der Waals surface area contributed by atoms with E-state index in [0.717, 1.165) is 17.1 Å². The van der Waals surface area contributed by atoms with Gasteiger partial charge in [-0.1, -0.05) is 12.1 Å². The van der Waals surface area contributed by atoms with Crippen LogP contribution < -0.4 is 14.8 Å². The van der Waals surface area contributed by atoms with Crippen LogP contribution in [-0.4, -0.2) is 19.2 Å². The summed E-state index contributed by atoms with van der Waals surface area (Å²) in [6, 6.07) is 10.4. The minimum atomic E-state index is 0.194. The van der Waals surface area contributed by atoms with E-state index in [2.05, 4.69) is 36.3 Å². The maximum absolute atomic E-state index is 5.35. The topological polar surface area (TPSA) is 43.4 Å². The van der Waals surface area contributed by atoms with Crippen LogP contribution in [0.25, 0.3) is 0 Å². The van der Waals surface area contributed by atoms with E-state index < -0.39 is 0 Å². The molecule has 1 N–H and O–H groups in total. The van der Waals surface area contributed by atoms with Crippen LogP contribution in [0.2, 0.25) is 0 Å². The summed E-state index contributed by atoms with van der Waals surface area (Å²) in [6.45, 7) is 4.27. The molecule has 0 spiro atoms. The van der Waals surface area contributed by atoms with Crippen molar-refractivity contribution in [3.63, 3.8) is 0 Å². The molecule has 4 nitrogen and oxygen atoms in total. The van der Waals surface area contributed by atoms with Crippen molar-refractivity contribution in [3.05, 3.63) is 53.9 Å². The second-order valence-corrected chi connectivity index (χ2v) is 5.01. The first kappa shape index (κ1) is 15.3. The van der Waals surface area contributed by atoms with E-state index in [4.69, 9.17) is 9.47 Å². The Morgan fingerprint density at radius 3 is 2.29 bits per heavy atom. The lowest BCUT2D eigenvalue weighted by molar-refractivity contribution is 0.353. The van der Waals surface area contributed by atoms with E-state index >= 15 is 0 Å². The third-order valence-electron chi connectivity index (χ3n) is 3.59. The molecule has 1 aromatic heterocycles. The van der Waals surface area contributed by atoms with Crippen molar-refractivity contribution < 1.29 is 9.47 Å². The minimum absolute atomic E-state index is 0.194. The molecule has 0 amide bonds. The lowest BCUT2D eigenvalue weighted by atomic mass is 10.0. The highest BCUT2D eigenvalue weighted by atomic mass is 16.5. The first-order chi connectivity index (χ1) is 10.2. The van der Waals surface area contributed by atoms with Crippen molar-refractivity contribution in [2.24, 2.45) is 0 Å².